The van der Waals surface area contributed by atoms with Crippen LogP contribution in [0.5, 0.6) is 0 Å². The molecule has 0 N–H and O–H groups in total. The molecule has 9 aromatic rings. The molecule has 4 heteroatoms. The van der Waals surface area contributed by atoms with Gasteiger partial charge in [0.25, 0.3) is 0 Å². The number of hydrogen-bond donors (Lipinski definition) is 0. The fourth-order valence-corrected chi connectivity index (χ4v) is 6.75. The van der Waals surface area contributed by atoms with Crippen LogP contribution in [0.25, 0.3) is 77.2 Å². The molecule has 0 aliphatic rings. The SMILES string of the molecule is [2H]c1c([2H])c([2H])c(-c2ccc3c(c2)c2ccccc2n3-c2ccc(C#N)c(-n3c4ccccc4c4cc(-c5c([2H])c([2H])c([2H])c([2H])c5[2H])ccc43)c2C#N)c([2H])c1[2H]. The summed E-state index contributed by atoms with van der Waals surface area (Å²) in [6.07, 6.45) is 0. The largest absolute Gasteiger partial charge is 0.308 e. The van der Waals surface area contributed by atoms with E-state index < -0.39 is 36.3 Å². The van der Waals surface area contributed by atoms with Gasteiger partial charge in [-0.15, -0.1) is 0 Å². The summed E-state index contributed by atoms with van der Waals surface area (Å²) in [5.74, 6) is 0. The molecular formula is C44H26N4. The van der Waals surface area contributed by atoms with Crippen molar-refractivity contribution < 1.29 is 13.7 Å². The van der Waals surface area contributed by atoms with Crippen LogP contribution in [-0.2, 0) is 0 Å². The van der Waals surface area contributed by atoms with Crippen LogP contribution in [0.2, 0.25) is 0 Å². The Kier molecular flexibility index (Phi) is 4.29. The Bertz CT molecular complexity index is 3330. The van der Waals surface area contributed by atoms with Crippen molar-refractivity contribution in [2.24, 2.45) is 0 Å². The van der Waals surface area contributed by atoms with E-state index in [1.165, 1.54) is 0 Å². The lowest BCUT2D eigenvalue weighted by atomic mass is 10.0. The fourth-order valence-electron chi connectivity index (χ4n) is 6.75. The van der Waals surface area contributed by atoms with Gasteiger partial charge in [0.2, 0.25) is 0 Å². The van der Waals surface area contributed by atoms with Gasteiger partial charge in [0.05, 0.1) is 52.7 Å². The standard InChI is InChI=1S/C44H26N4/c45-27-33-21-24-43(47-39-17-9-7-15-34(39)36-25-31(19-22-41(36)47)29-11-3-1-4-12-29)38(28-46)44(33)48-40-18-10-8-16-35(40)37-26-32(20-23-42(37)48)30-13-5-2-6-14-30/h1-26H/i1D,2D,3D,4D,5D,6D,11D,12D,13D,14D. The number of nitrogens with zero attached hydrogens (tertiary/aromatic N) is 4. The Labute approximate surface area is 291 Å². The van der Waals surface area contributed by atoms with Crippen molar-refractivity contribution in [3.63, 3.8) is 0 Å². The number of fused-ring (bicyclic) bond motifs is 6. The van der Waals surface area contributed by atoms with Crippen molar-refractivity contribution in [3.8, 4) is 45.8 Å². The van der Waals surface area contributed by atoms with E-state index in [9.17, 15) is 10.5 Å². The molecule has 0 spiro atoms. The molecule has 0 saturated carbocycles. The van der Waals surface area contributed by atoms with Crippen molar-refractivity contribution >= 4 is 43.6 Å². The average molecular weight is 621 g/mol. The maximum absolute atomic E-state index is 11.1. The zero-order valence-corrected chi connectivity index (χ0v) is 25.0. The summed E-state index contributed by atoms with van der Waals surface area (Å²) in [5, 5.41) is 24.6. The van der Waals surface area contributed by atoms with E-state index in [2.05, 4.69) is 12.1 Å². The third kappa shape index (κ3) is 4.07. The molecule has 0 fully saturated rings. The van der Waals surface area contributed by atoms with Crippen LogP contribution in [0.3, 0.4) is 0 Å². The highest BCUT2D eigenvalue weighted by Gasteiger charge is 2.23. The summed E-state index contributed by atoms with van der Waals surface area (Å²) >= 11 is 0. The molecule has 0 amide bonds. The number of benzene rings is 7. The van der Waals surface area contributed by atoms with Crippen molar-refractivity contribution in [2.75, 3.05) is 0 Å². The van der Waals surface area contributed by atoms with Crippen LogP contribution in [0.1, 0.15) is 24.8 Å². The minimum absolute atomic E-state index is 0.0586. The molecular weight excluding hydrogens is 585 g/mol. The van der Waals surface area contributed by atoms with Crippen LogP contribution in [0.4, 0.5) is 0 Å². The molecule has 2 aromatic heterocycles. The molecule has 0 radical (unpaired) electrons. The number of aromatic nitrogens is 2. The van der Waals surface area contributed by atoms with Gasteiger partial charge in [-0.2, -0.15) is 10.5 Å². The molecule has 0 aliphatic heterocycles. The highest BCUT2D eigenvalue weighted by Crippen LogP contribution is 2.40. The van der Waals surface area contributed by atoms with Crippen molar-refractivity contribution in [1.82, 2.24) is 9.13 Å². The van der Waals surface area contributed by atoms with Gasteiger partial charge < -0.3 is 9.13 Å². The molecule has 7 aromatic carbocycles. The monoisotopic (exact) mass is 620 g/mol. The van der Waals surface area contributed by atoms with E-state index in [1.807, 2.05) is 57.7 Å². The van der Waals surface area contributed by atoms with Crippen LogP contribution in [0, 0.1) is 22.7 Å². The fraction of sp³-hybridized carbons (Fsp3) is 0. The second kappa shape index (κ2) is 10.9. The van der Waals surface area contributed by atoms with E-state index in [-0.39, 0.29) is 46.4 Å². The molecule has 2 heterocycles. The van der Waals surface area contributed by atoms with Crippen LogP contribution in [-0.4, -0.2) is 9.13 Å². The first kappa shape index (κ1) is 18.9. The second-order valence-electron chi connectivity index (χ2n) is 11.2. The lowest BCUT2D eigenvalue weighted by Gasteiger charge is -2.17. The van der Waals surface area contributed by atoms with Gasteiger partial charge in [-0.25, -0.2) is 0 Å². The van der Waals surface area contributed by atoms with Crippen LogP contribution in [0.15, 0.2) is 157 Å². The summed E-state index contributed by atoms with van der Waals surface area (Å²) < 4.78 is 87.3. The summed E-state index contributed by atoms with van der Waals surface area (Å²) in [4.78, 5) is 0. The molecule has 48 heavy (non-hydrogen) atoms. The Morgan fingerprint density at radius 2 is 0.958 bits per heavy atom. The topological polar surface area (TPSA) is 57.4 Å². The van der Waals surface area contributed by atoms with E-state index in [4.69, 9.17) is 13.7 Å². The van der Waals surface area contributed by atoms with Gasteiger partial charge in [0.1, 0.15) is 17.7 Å². The van der Waals surface area contributed by atoms with E-state index in [1.54, 1.807) is 48.5 Å². The minimum atomic E-state index is -0.484. The second-order valence-corrected chi connectivity index (χ2v) is 11.2. The first-order chi connectivity index (χ1) is 27.9. The molecule has 9 rings (SSSR count). The van der Waals surface area contributed by atoms with E-state index in [0.717, 1.165) is 16.3 Å². The highest BCUT2D eigenvalue weighted by molar-refractivity contribution is 6.12. The summed E-state index contributed by atoms with van der Waals surface area (Å²) in [7, 11) is 0. The summed E-state index contributed by atoms with van der Waals surface area (Å²) in [6, 6.07) is 29.6. The van der Waals surface area contributed by atoms with E-state index >= 15 is 0 Å². The Morgan fingerprint density at radius 3 is 1.50 bits per heavy atom. The predicted octanol–water partition coefficient (Wildman–Crippen LogP) is 11.0. The van der Waals surface area contributed by atoms with E-state index in [0.29, 0.717) is 49.8 Å². The molecule has 222 valence electrons. The normalized spacial score (nSPS) is 14.2. The maximum atomic E-state index is 11.1. The molecule has 0 saturated heterocycles. The molecule has 0 bridgehead atoms. The van der Waals surface area contributed by atoms with Gasteiger partial charge in [-0.1, -0.05) is 109 Å². The van der Waals surface area contributed by atoms with Crippen molar-refractivity contribution in [3.05, 3.63) is 169 Å². The van der Waals surface area contributed by atoms with Gasteiger partial charge in [-0.3, -0.25) is 0 Å². The number of nitriles is 2. The zero-order valence-electron chi connectivity index (χ0n) is 35.0. The first-order valence-corrected chi connectivity index (χ1v) is 15.1. The minimum Gasteiger partial charge on any atom is -0.308 e. The molecule has 0 aliphatic carbocycles. The van der Waals surface area contributed by atoms with Crippen molar-refractivity contribution in [2.45, 2.75) is 0 Å². The predicted molar refractivity (Wildman–Crippen MR) is 195 cm³/mol. The third-order valence-corrected chi connectivity index (χ3v) is 8.78. The Morgan fingerprint density at radius 1 is 0.458 bits per heavy atom. The summed E-state index contributed by atoms with van der Waals surface area (Å²) in [6.45, 7) is 0. The van der Waals surface area contributed by atoms with Crippen LogP contribution < -0.4 is 0 Å². The number of hydrogen-bond acceptors (Lipinski definition) is 2. The Hall–Kier alpha value is -6.88. The van der Waals surface area contributed by atoms with Gasteiger partial charge in [-0.05, 0) is 70.8 Å². The van der Waals surface area contributed by atoms with Gasteiger partial charge in [0.15, 0.2) is 0 Å². The third-order valence-electron chi connectivity index (χ3n) is 8.78. The first-order valence-electron chi connectivity index (χ1n) is 20.1. The lowest BCUT2D eigenvalue weighted by molar-refractivity contribution is 1.11. The van der Waals surface area contributed by atoms with Gasteiger partial charge in [0, 0.05) is 21.5 Å². The maximum Gasteiger partial charge on any atom is 0.104 e. The number of rotatable bonds is 4. The zero-order chi connectivity index (χ0) is 40.9. The Balaban J connectivity index is 1.32. The molecule has 0 atom stereocenters. The van der Waals surface area contributed by atoms with Crippen LogP contribution >= 0.6 is 0 Å². The lowest BCUT2D eigenvalue weighted by Crippen LogP contribution is -2.06. The summed E-state index contributed by atoms with van der Waals surface area (Å²) in [5.41, 5.74) is 4.88. The van der Waals surface area contributed by atoms with Gasteiger partial charge >= 0.3 is 0 Å². The molecule has 0 unspecified atom stereocenters. The smallest absolute Gasteiger partial charge is 0.104 e. The average Bonchev–Trinajstić information content (AvgIpc) is 3.75. The molecule has 4 nitrogen and oxygen atoms in total. The quantitative estimate of drug-likeness (QED) is 0.197. The number of para-hydroxylation sites is 2. The van der Waals surface area contributed by atoms with Crippen molar-refractivity contribution in [1.29, 1.82) is 10.5 Å². The highest BCUT2D eigenvalue weighted by atomic mass is 15.0.